The van der Waals surface area contributed by atoms with Crippen molar-refractivity contribution in [3.63, 3.8) is 0 Å². The summed E-state index contributed by atoms with van der Waals surface area (Å²) in [5.74, 6) is -0.190. The highest BCUT2D eigenvalue weighted by Crippen LogP contribution is 2.43. The number of nitrogens with zero attached hydrogens (tertiary/aromatic N) is 1. The summed E-state index contributed by atoms with van der Waals surface area (Å²) in [7, 11) is 1.55. The van der Waals surface area contributed by atoms with Crippen molar-refractivity contribution in [2.24, 2.45) is 0 Å². The zero-order valence-corrected chi connectivity index (χ0v) is 51.1. The Kier molecular flexibility index (Phi) is 55.2. The molecule has 0 aromatic rings. The van der Waals surface area contributed by atoms with Crippen LogP contribution >= 0.6 is 7.82 Å². The van der Waals surface area contributed by atoms with E-state index in [4.69, 9.17) is 9.05 Å². The van der Waals surface area contributed by atoms with Gasteiger partial charge >= 0.3 is 7.82 Å². The Morgan fingerprint density at radius 1 is 0.461 bits per heavy atom. The first-order valence-corrected chi connectivity index (χ1v) is 33.1. The van der Waals surface area contributed by atoms with E-state index in [2.05, 4.69) is 104 Å². The number of unbranched alkanes of at least 4 members (excludes halogenated alkanes) is 30. The molecule has 0 aliphatic heterocycles. The lowest BCUT2D eigenvalue weighted by Gasteiger charge is -2.25. The fourth-order valence-corrected chi connectivity index (χ4v) is 9.60. The molecule has 8 nitrogen and oxygen atoms in total. The number of nitrogens with one attached hydrogen (secondary N) is 1. The number of aliphatic hydroxyl groups is 1. The van der Waals surface area contributed by atoms with Crippen LogP contribution in [0.4, 0.5) is 0 Å². The molecule has 0 bridgehead atoms. The first-order chi connectivity index (χ1) is 37.0. The fourth-order valence-electron chi connectivity index (χ4n) is 8.87. The smallest absolute Gasteiger partial charge is 0.387 e. The van der Waals surface area contributed by atoms with E-state index in [1.807, 2.05) is 27.2 Å². The molecule has 0 heterocycles. The van der Waals surface area contributed by atoms with Gasteiger partial charge in [-0.25, -0.2) is 4.57 Å². The number of allylic oxidation sites excluding steroid dienone is 15. The molecule has 76 heavy (non-hydrogen) atoms. The number of carbonyl (C=O) groups is 1. The molecule has 0 fully saturated rings. The van der Waals surface area contributed by atoms with Crippen molar-refractivity contribution in [3.05, 3.63) is 97.2 Å². The van der Waals surface area contributed by atoms with Crippen LogP contribution in [0.2, 0.25) is 0 Å². The quantitative estimate of drug-likeness (QED) is 0.0243. The summed E-state index contributed by atoms with van der Waals surface area (Å²) >= 11 is 0. The molecule has 9 heteroatoms. The Labute approximate surface area is 470 Å². The number of phosphoric acid groups is 1. The highest BCUT2D eigenvalue weighted by molar-refractivity contribution is 7.47. The van der Waals surface area contributed by atoms with Crippen LogP contribution in [0.25, 0.3) is 0 Å². The number of amides is 1. The average Bonchev–Trinajstić information content (AvgIpc) is 3.38. The van der Waals surface area contributed by atoms with Crippen LogP contribution in [0, 0.1) is 0 Å². The Morgan fingerprint density at radius 3 is 1.21 bits per heavy atom. The van der Waals surface area contributed by atoms with Crippen molar-refractivity contribution < 1.29 is 32.9 Å². The van der Waals surface area contributed by atoms with Crippen LogP contribution in [0.3, 0.4) is 0 Å². The maximum Gasteiger partial charge on any atom is 0.472 e. The van der Waals surface area contributed by atoms with Crippen LogP contribution in [0.5, 0.6) is 0 Å². The molecule has 0 aliphatic rings. The molecule has 0 spiro atoms. The van der Waals surface area contributed by atoms with E-state index in [0.717, 1.165) is 77.0 Å². The summed E-state index contributed by atoms with van der Waals surface area (Å²) in [5.41, 5.74) is 0. The monoisotopic (exact) mass is 1080 g/mol. The first-order valence-electron chi connectivity index (χ1n) is 31.6. The lowest BCUT2D eigenvalue weighted by atomic mass is 10.0. The van der Waals surface area contributed by atoms with Crippen LogP contribution in [-0.2, 0) is 18.4 Å². The molecule has 0 rings (SSSR count). The van der Waals surface area contributed by atoms with Gasteiger partial charge in [-0.2, -0.15) is 0 Å². The van der Waals surface area contributed by atoms with Gasteiger partial charge in [-0.1, -0.05) is 272 Å². The van der Waals surface area contributed by atoms with Crippen molar-refractivity contribution >= 4 is 13.7 Å². The summed E-state index contributed by atoms with van der Waals surface area (Å²) in [6.45, 7) is 4.66. The summed E-state index contributed by atoms with van der Waals surface area (Å²) in [4.78, 5) is 23.3. The zero-order valence-electron chi connectivity index (χ0n) is 50.2. The largest absolute Gasteiger partial charge is 0.472 e. The predicted molar refractivity (Wildman–Crippen MR) is 332 cm³/mol. The fraction of sp³-hybridized carbons (Fsp3) is 0.746. The normalized spacial score (nSPS) is 14.5. The Bertz CT molecular complexity index is 1560. The van der Waals surface area contributed by atoms with Gasteiger partial charge in [-0.05, 0) is 89.9 Å². The SMILES string of the molecule is CC/C=C\C/C=C\C/C=C\C/C=C\C/C=C\CCCCCCCCCCCCCCCCCCCCCCCCCC(=O)NC(COP(=O)(O)OCC[N+](C)(C)C)C(O)/C=C/CC/C=C/CC/C=C/CCCCCCC. The third-order valence-electron chi connectivity index (χ3n) is 13.8. The van der Waals surface area contributed by atoms with Gasteiger partial charge in [-0.15, -0.1) is 0 Å². The number of quaternary nitrogens is 1. The molecule has 0 saturated heterocycles. The van der Waals surface area contributed by atoms with Gasteiger partial charge in [0.25, 0.3) is 0 Å². The van der Waals surface area contributed by atoms with Crippen molar-refractivity contribution in [3.8, 4) is 0 Å². The van der Waals surface area contributed by atoms with E-state index >= 15 is 0 Å². The highest BCUT2D eigenvalue weighted by Gasteiger charge is 2.27. The zero-order chi connectivity index (χ0) is 55.6. The maximum atomic E-state index is 13.0. The molecular weight excluding hydrogens is 960 g/mol. The lowest BCUT2D eigenvalue weighted by molar-refractivity contribution is -0.870. The van der Waals surface area contributed by atoms with Crippen LogP contribution in [0.15, 0.2) is 97.2 Å². The van der Waals surface area contributed by atoms with Gasteiger partial charge in [0, 0.05) is 6.42 Å². The lowest BCUT2D eigenvalue weighted by Crippen LogP contribution is -2.45. The van der Waals surface area contributed by atoms with Crippen LogP contribution in [-0.4, -0.2) is 73.4 Å². The van der Waals surface area contributed by atoms with Crippen molar-refractivity contribution in [1.29, 1.82) is 0 Å². The third kappa shape index (κ3) is 59.1. The van der Waals surface area contributed by atoms with Gasteiger partial charge in [0.1, 0.15) is 13.2 Å². The molecule has 0 saturated carbocycles. The van der Waals surface area contributed by atoms with E-state index in [-0.39, 0.29) is 19.1 Å². The third-order valence-corrected chi connectivity index (χ3v) is 14.7. The van der Waals surface area contributed by atoms with Gasteiger partial charge in [-0.3, -0.25) is 13.8 Å². The summed E-state index contributed by atoms with van der Waals surface area (Å²) in [6, 6.07) is -0.872. The molecule has 3 N–H and O–H groups in total. The highest BCUT2D eigenvalue weighted by atomic mass is 31.2. The number of rotatable bonds is 57. The minimum absolute atomic E-state index is 0.0519. The Morgan fingerprint density at radius 2 is 0.803 bits per heavy atom. The second kappa shape index (κ2) is 57.1. The van der Waals surface area contributed by atoms with E-state index in [0.29, 0.717) is 17.4 Å². The van der Waals surface area contributed by atoms with E-state index in [1.54, 1.807) is 6.08 Å². The molecule has 3 unspecified atom stereocenters. The summed E-state index contributed by atoms with van der Waals surface area (Å²) < 4.78 is 23.7. The number of carbonyl (C=O) groups excluding carboxylic acids is 1. The molecule has 3 atom stereocenters. The first kappa shape index (κ1) is 73.4. The minimum Gasteiger partial charge on any atom is -0.387 e. The second-order valence-corrected chi connectivity index (χ2v) is 23.8. The molecule has 0 aromatic heterocycles. The maximum absolute atomic E-state index is 13.0. The molecule has 0 aliphatic carbocycles. The van der Waals surface area contributed by atoms with Gasteiger partial charge < -0.3 is 19.8 Å². The number of aliphatic hydroxyl groups excluding tert-OH is 1. The molecule has 1 amide bonds. The summed E-state index contributed by atoms with van der Waals surface area (Å²) in [6.07, 6.45) is 82.6. The Balaban J connectivity index is 3.97. The minimum atomic E-state index is -4.36. The van der Waals surface area contributed by atoms with Crippen LogP contribution < -0.4 is 5.32 Å². The summed E-state index contributed by atoms with van der Waals surface area (Å²) in [5, 5.41) is 13.9. The van der Waals surface area contributed by atoms with Crippen LogP contribution in [0.1, 0.15) is 271 Å². The molecular formula is C67H122N2O6P+. The number of hydrogen-bond acceptors (Lipinski definition) is 5. The Hall–Kier alpha value is -2.58. The standard InChI is InChI=1S/C67H121N2O6P/c1-6-8-10-12-14-16-18-20-22-23-24-25-26-27-28-29-30-31-32-33-34-35-36-37-38-39-40-41-42-43-44-45-47-49-51-53-55-57-59-61-67(71)68-65(64-75-76(72,73)74-63-62-69(3,4)5)66(70)60-58-56-54-52-50-48-46-21-19-17-15-13-11-9-7-2/h8,10,14,16,19-22,24-25,27-28,50,52,58,60,65-66,70H,6-7,9,11-13,15,17-18,23,26,29-49,51,53-57,59,61-64H2,1-5H3,(H-,68,71,72,73)/p+1/b10-8-,16-14-,21-19+,22-20-,25-24-,28-27-,52-50+,60-58+. The van der Waals surface area contributed by atoms with Crippen molar-refractivity contribution in [2.45, 2.75) is 283 Å². The van der Waals surface area contributed by atoms with Crippen molar-refractivity contribution in [2.75, 3.05) is 40.9 Å². The van der Waals surface area contributed by atoms with Gasteiger partial charge in [0.15, 0.2) is 0 Å². The van der Waals surface area contributed by atoms with E-state index in [1.165, 1.54) is 173 Å². The number of likely N-dealkylation sites (N-methyl/N-ethyl adjacent to an activating group) is 1. The predicted octanol–water partition coefficient (Wildman–Crippen LogP) is 19.8. The van der Waals surface area contributed by atoms with Crippen molar-refractivity contribution in [1.82, 2.24) is 5.32 Å². The van der Waals surface area contributed by atoms with Gasteiger partial charge in [0.05, 0.1) is 39.9 Å². The van der Waals surface area contributed by atoms with E-state index < -0.39 is 20.0 Å². The number of phosphoric ester groups is 1. The second-order valence-electron chi connectivity index (χ2n) is 22.4. The molecule has 440 valence electrons. The number of hydrogen-bond donors (Lipinski definition) is 3. The average molecular weight is 1080 g/mol. The van der Waals surface area contributed by atoms with Gasteiger partial charge in [0.2, 0.25) is 5.91 Å². The topological polar surface area (TPSA) is 105 Å². The van der Waals surface area contributed by atoms with E-state index in [9.17, 15) is 19.4 Å². The molecule has 0 aromatic carbocycles. The molecule has 0 radical (unpaired) electrons.